The number of rotatable bonds is 2. The molecular formula is C10H19N3O. The van der Waals surface area contributed by atoms with Crippen molar-refractivity contribution >= 4 is 6.03 Å². The second-order valence-corrected chi connectivity index (χ2v) is 4.26. The maximum Gasteiger partial charge on any atom is 0.329 e. The quantitative estimate of drug-likeness (QED) is 0.699. The van der Waals surface area contributed by atoms with Crippen LogP contribution in [0.25, 0.3) is 0 Å². The van der Waals surface area contributed by atoms with Gasteiger partial charge < -0.3 is 5.32 Å². The van der Waals surface area contributed by atoms with E-state index < -0.39 is 0 Å². The molecule has 1 saturated heterocycles. The normalized spacial score (nSPS) is 24.0. The number of amides is 2. The average molecular weight is 197 g/mol. The number of carbonyl (C=O) groups excluding carboxylic acids is 1. The molecule has 2 rings (SSSR count). The van der Waals surface area contributed by atoms with Gasteiger partial charge >= 0.3 is 6.03 Å². The Morgan fingerprint density at radius 2 is 1.79 bits per heavy atom. The van der Waals surface area contributed by atoms with Gasteiger partial charge in [0.1, 0.15) is 0 Å². The summed E-state index contributed by atoms with van der Waals surface area (Å²) < 4.78 is 0. The molecule has 1 aliphatic heterocycles. The monoisotopic (exact) mass is 197 g/mol. The van der Waals surface area contributed by atoms with E-state index in [9.17, 15) is 4.79 Å². The highest BCUT2D eigenvalue weighted by Gasteiger charge is 2.20. The molecule has 0 radical (unpaired) electrons. The molecule has 1 heterocycles. The Balaban J connectivity index is 1.64. The second-order valence-electron chi connectivity index (χ2n) is 4.26. The van der Waals surface area contributed by atoms with Crippen molar-refractivity contribution in [2.24, 2.45) is 0 Å². The lowest BCUT2D eigenvalue weighted by Gasteiger charge is -2.30. The number of piperidine rings is 1. The molecule has 14 heavy (non-hydrogen) atoms. The van der Waals surface area contributed by atoms with Gasteiger partial charge in [0, 0.05) is 19.1 Å². The molecule has 0 aromatic carbocycles. The summed E-state index contributed by atoms with van der Waals surface area (Å²) in [5.41, 5.74) is 2.90. The summed E-state index contributed by atoms with van der Waals surface area (Å²) in [4.78, 5) is 11.5. The van der Waals surface area contributed by atoms with E-state index in [1.807, 2.05) is 5.01 Å². The van der Waals surface area contributed by atoms with Crippen molar-refractivity contribution in [2.45, 2.75) is 44.6 Å². The van der Waals surface area contributed by atoms with Crippen LogP contribution in [-0.4, -0.2) is 30.2 Å². The molecule has 0 bridgehead atoms. The molecule has 0 unspecified atom stereocenters. The molecule has 4 nitrogen and oxygen atoms in total. The number of hydrazine groups is 1. The molecular weight excluding hydrogens is 178 g/mol. The molecule has 0 spiro atoms. The maximum atomic E-state index is 11.5. The lowest BCUT2D eigenvalue weighted by atomic mass is 9.93. The summed E-state index contributed by atoms with van der Waals surface area (Å²) in [6.45, 7) is 2.00. The van der Waals surface area contributed by atoms with Crippen molar-refractivity contribution < 1.29 is 4.79 Å². The molecule has 0 aromatic rings. The molecule has 1 saturated carbocycles. The van der Waals surface area contributed by atoms with E-state index in [0.29, 0.717) is 6.04 Å². The van der Waals surface area contributed by atoms with Gasteiger partial charge in [-0.1, -0.05) is 6.42 Å². The van der Waals surface area contributed by atoms with Gasteiger partial charge in [-0.15, -0.1) is 0 Å². The highest BCUT2D eigenvalue weighted by Crippen LogP contribution is 2.17. The summed E-state index contributed by atoms with van der Waals surface area (Å²) >= 11 is 0. The fourth-order valence-corrected chi connectivity index (χ4v) is 1.92. The lowest BCUT2D eigenvalue weighted by Crippen LogP contribution is -2.52. The molecule has 2 N–H and O–H groups in total. The first-order valence-electron chi connectivity index (χ1n) is 5.67. The number of hydrogen-bond acceptors (Lipinski definition) is 2. The molecule has 2 amide bonds. The van der Waals surface area contributed by atoms with Crippen LogP contribution in [0.3, 0.4) is 0 Å². The molecule has 1 aliphatic carbocycles. The van der Waals surface area contributed by atoms with Gasteiger partial charge in [0.05, 0.1) is 0 Å². The largest absolute Gasteiger partial charge is 0.334 e. The van der Waals surface area contributed by atoms with E-state index in [0.717, 1.165) is 25.9 Å². The number of carbonyl (C=O) groups is 1. The Bertz CT molecular complexity index is 198. The zero-order chi connectivity index (χ0) is 9.80. The molecule has 80 valence electrons. The van der Waals surface area contributed by atoms with Crippen molar-refractivity contribution in [1.82, 2.24) is 15.8 Å². The smallest absolute Gasteiger partial charge is 0.329 e. The van der Waals surface area contributed by atoms with Crippen molar-refractivity contribution in [1.29, 1.82) is 0 Å². The number of hydrogen-bond donors (Lipinski definition) is 2. The number of urea groups is 1. The highest BCUT2D eigenvalue weighted by atomic mass is 16.2. The Labute approximate surface area is 85.0 Å². The van der Waals surface area contributed by atoms with E-state index in [1.54, 1.807) is 0 Å². The predicted molar refractivity (Wildman–Crippen MR) is 54.7 cm³/mol. The van der Waals surface area contributed by atoms with Gasteiger partial charge in [-0.3, -0.25) is 5.43 Å². The Morgan fingerprint density at radius 3 is 2.36 bits per heavy atom. The summed E-state index contributed by atoms with van der Waals surface area (Å²) in [5.74, 6) is 0. The summed E-state index contributed by atoms with van der Waals surface area (Å²) in [7, 11) is 0. The first-order valence-corrected chi connectivity index (χ1v) is 5.67. The lowest BCUT2D eigenvalue weighted by molar-refractivity contribution is 0.150. The van der Waals surface area contributed by atoms with Crippen LogP contribution in [0.1, 0.15) is 38.5 Å². The molecule has 2 fully saturated rings. The van der Waals surface area contributed by atoms with E-state index in [4.69, 9.17) is 0 Å². The van der Waals surface area contributed by atoms with Crippen LogP contribution < -0.4 is 10.7 Å². The van der Waals surface area contributed by atoms with Gasteiger partial charge in [-0.05, 0) is 32.1 Å². The predicted octanol–water partition coefficient (Wildman–Crippen LogP) is 1.24. The fraction of sp³-hybridized carbons (Fsp3) is 0.900. The Kier molecular flexibility index (Phi) is 3.24. The zero-order valence-electron chi connectivity index (χ0n) is 8.59. The molecule has 2 aliphatic rings. The standard InChI is InChI=1S/C10H19N3O/c14-10(11-9-5-4-6-9)12-13-7-2-1-3-8-13/h9H,1-8H2,(H2,11,12,14). The van der Waals surface area contributed by atoms with Crippen LogP contribution in [0.4, 0.5) is 4.79 Å². The molecule has 4 heteroatoms. The fourth-order valence-electron chi connectivity index (χ4n) is 1.92. The second kappa shape index (κ2) is 4.64. The first kappa shape index (κ1) is 9.77. The number of nitrogens with zero attached hydrogens (tertiary/aromatic N) is 1. The van der Waals surface area contributed by atoms with Gasteiger partial charge in [0.25, 0.3) is 0 Å². The molecule has 0 aromatic heterocycles. The summed E-state index contributed by atoms with van der Waals surface area (Å²) in [5, 5.41) is 5.00. The van der Waals surface area contributed by atoms with Crippen molar-refractivity contribution in [3.8, 4) is 0 Å². The topological polar surface area (TPSA) is 44.4 Å². The minimum Gasteiger partial charge on any atom is -0.334 e. The van der Waals surface area contributed by atoms with E-state index in [2.05, 4.69) is 10.7 Å². The van der Waals surface area contributed by atoms with Crippen molar-refractivity contribution in [2.75, 3.05) is 13.1 Å². The van der Waals surface area contributed by atoms with Crippen LogP contribution in [0, 0.1) is 0 Å². The average Bonchev–Trinajstić information content (AvgIpc) is 2.13. The van der Waals surface area contributed by atoms with E-state index in [1.165, 1.54) is 25.7 Å². The third-order valence-electron chi connectivity index (χ3n) is 3.06. The third-order valence-corrected chi connectivity index (χ3v) is 3.06. The van der Waals surface area contributed by atoms with Gasteiger partial charge in [0.15, 0.2) is 0 Å². The highest BCUT2D eigenvalue weighted by molar-refractivity contribution is 5.73. The summed E-state index contributed by atoms with van der Waals surface area (Å²) in [6, 6.07) is 0.413. The van der Waals surface area contributed by atoms with Crippen molar-refractivity contribution in [3.05, 3.63) is 0 Å². The van der Waals surface area contributed by atoms with Crippen LogP contribution in [0.15, 0.2) is 0 Å². The molecule has 0 atom stereocenters. The zero-order valence-corrected chi connectivity index (χ0v) is 8.59. The van der Waals surface area contributed by atoms with Crippen LogP contribution in [0.5, 0.6) is 0 Å². The van der Waals surface area contributed by atoms with Gasteiger partial charge in [-0.25, -0.2) is 9.80 Å². The van der Waals surface area contributed by atoms with Crippen LogP contribution in [0.2, 0.25) is 0 Å². The number of nitrogens with one attached hydrogen (secondary N) is 2. The first-order chi connectivity index (χ1) is 6.84. The minimum absolute atomic E-state index is 0.0170. The van der Waals surface area contributed by atoms with Gasteiger partial charge in [-0.2, -0.15) is 0 Å². The van der Waals surface area contributed by atoms with Gasteiger partial charge in [0.2, 0.25) is 0 Å². The SMILES string of the molecule is O=C(NC1CCC1)NN1CCCCC1. The third kappa shape index (κ3) is 2.61. The minimum atomic E-state index is -0.0170. The maximum absolute atomic E-state index is 11.5. The van der Waals surface area contributed by atoms with Crippen LogP contribution >= 0.6 is 0 Å². The Hall–Kier alpha value is -0.770. The van der Waals surface area contributed by atoms with E-state index in [-0.39, 0.29) is 6.03 Å². The van der Waals surface area contributed by atoms with E-state index >= 15 is 0 Å². The Morgan fingerprint density at radius 1 is 1.07 bits per heavy atom. The summed E-state index contributed by atoms with van der Waals surface area (Å²) in [6.07, 6.45) is 7.24. The van der Waals surface area contributed by atoms with Crippen LogP contribution in [-0.2, 0) is 0 Å². The van der Waals surface area contributed by atoms with Crippen molar-refractivity contribution in [3.63, 3.8) is 0 Å².